The summed E-state index contributed by atoms with van der Waals surface area (Å²) in [6, 6.07) is 9.54. The lowest BCUT2D eigenvalue weighted by Crippen LogP contribution is -2.28. The fourth-order valence-corrected chi connectivity index (χ4v) is 1.94. The minimum absolute atomic E-state index is 0.0372. The number of carbonyl (C=O) groups excluding carboxylic acids is 1. The second-order valence-electron chi connectivity index (χ2n) is 4.86. The van der Waals surface area contributed by atoms with Crippen molar-refractivity contribution in [3.8, 4) is 11.4 Å². The smallest absolute Gasteiger partial charge is 0.258 e. The van der Waals surface area contributed by atoms with Crippen LogP contribution >= 0.6 is 0 Å². The summed E-state index contributed by atoms with van der Waals surface area (Å²) in [7, 11) is 0. The number of pyridine rings is 1. The molecule has 0 bridgehead atoms. The minimum Gasteiger partial charge on any atom is -0.481 e. The molecule has 122 valence electrons. The molecule has 1 aromatic carbocycles. The van der Waals surface area contributed by atoms with Crippen LogP contribution in [0.15, 0.2) is 55.0 Å². The largest absolute Gasteiger partial charge is 0.481 e. The first-order valence-electron chi connectivity index (χ1n) is 7.18. The van der Waals surface area contributed by atoms with Gasteiger partial charge in [-0.3, -0.25) is 9.78 Å². The number of hydrogen-bond donors (Lipinski definition) is 1. The summed E-state index contributed by atoms with van der Waals surface area (Å²) in [5.74, 6) is -0.853. The summed E-state index contributed by atoms with van der Waals surface area (Å²) in [5.41, 5.74) is 1.35. The van der Waals surface area contributed by atoms with Gasteiger partial charge in [0.15, 0.2) is 18.2 Å². The van der Waals surface area contributed by atoms with Crippen molar-refractivity contribution in [3.05, 3.63) is 66.5 Å². The molecular weight excluding hydrogens is 313 g/mol. The molecule has 7 nitrogen and oxygen atoms in total. The van der Waals surface area contributed by atoms with Crippen LogP contribution in [0.4, 0.5) is 4.39 Å². The molecule has 0 unspecified atom stereocenters. The second kappa shape index (κ2) is 7.32. The highest BCUT2D eigenvalue weighted by Gasteiger charge is 2.08. The first-order valence-corrected chi connectivity index (χ1v) is 7.18. The summed E-state index contributed by atoms with van der Waals surface area (Å²) in [6.45, 7) is -0.0859. The van der Waals surface area contributed by atoms with Gasteiger partial charge < -0.3 is 10.1 Å². The third kappa shape index (κ3) is 3.92. The molecular formula is C16H14FN5O2. The highest BCUT2D eigenvalue weighted by molar-refractivity contribution is 5.77. The maximum atomic E-state index is 13.4. The first kappa shape index (κ1) is 15.6. The van der Waals surface area contributed by atoms with Crippen molar-refractivity contribution >= 4 is 5.91 Å². The monoisotopic (exact) mass is 327 g/mol. The van der Waals surface area contributed by atoms with Gasteiger partial charge >= 0.3 is 0 Å². The Labute approximate surface area is 137 Å². The van der Waals surface area contributed by atoms with Gasteiger partial charge in [0.1, 0.15) is 5.69 Å². The average molecular weight is 327 g/mol. The predicted octanol–water partition coefficient (Wildman–Crippen LogP) is 1.50. The number of para-hydroxylation sites is 1. The van der Waals surface area contributed by atoms with Crippen molar-refractivity contribution in [2.45, 2.75) is 6.54 Å². The van der Waals surface area contributed by atoms with Gasteiger partial charge in [-0.1, -0.05) is 17.3 Å². The highest BCUT2D eigenvalue weighted by Crippen LogP contribution is 2.14. The summed E-state index contributed by atoms with van der Waals surface area (Å²) in [6.07, 6.45) is 5.01. The molecule has 0 radical (unpaired) electrons. The molecule has 0 saturated heterocycles. The number of nitrogens with zero attached hydrogens (tertiary/aromatic N) is 4. The number of benzene rings is 1. The molecule has 3 rings (SSSR count). The van der Waals surface area contributed by atoms with Crippen LogP contribution in [0.25, 0.3) is 5.69 Å². The van der Waals surface area contributed by atoms with E-state index in [-0.39, 0.29) is 24.8 Å². The molecule has 0 saturated carbocycles. The van der Waals surface area contributed by atoms with Crippen LogP contribution in [0.1, 0.15) is 5.69 Å². The standard InChI is InChI=1S/C16H14FN5O2/c17-14-5-1-2-6-15(14)24-11-16(23)19-8-12-10-22(21-20-12)13-4-3-7-18-9-13/h1-7,9-10H,8,11H2,(H,19,23). The number of halogens is 1. The molecule has 0 atom stereocenters. The Kier molecular flexibility index (Phi) is 4.76. The van der Waals surface area contributed by atoms with Gasteiger partial charge in [-0.05, 0) is 24.3 Å². The molecule has 0 aliphatic heterocycles. The Hall–Kier alpha value is -3.29. The number of nitrogens with one attached hydrogen (secondary N) is 1. The van der Waals surface area contributed by atoms with Crippen molar-refractivity contribution in [2.75, 3.05) is 6.61 Å². The number of rotatable bonds is 6. The van der Waals surface area contributed by atoms with Gasteiger partial charge in [-0.25, -0.2) is 9.07 Å². The molecule has 8 heteroatoms. The van der Waals surface area contributed by atoms with Crippen LogP contribution in [0.5, 0.6) is 5.75 Å². The summed E-state index contributed by atoms with van der Waals surface area (Å²) < 4.78 is 20.1. The van der Waals surface area contributed by atoms with Crippen molar-refractivity contribution in [1.82, 2.24) is 25.3 Å². The van der Waals surface area contributed by atoms with Crippen molar-refractivity contribution < 1.29 is 13.9 Å². The maximum absolute atomic E-state index is 13.4. The molecule has 1 amide bonds. The van der Waals surface area contributed by atoms with Crippen LogP contribution in [-0.2, 0) is 11.3 Å². The topological polar surface area (TPSA) is 81.9 Å². The molecule has 2 heterocycles. The molecule has 2 aromatic heterocycles. The molecule has 0 fully saturated rings. The third-order valence-electron chi connectivity index (χ3n) is 3.11. The number of aromatic nitrogens is 4. The number of carbonyl (C=O) groups is 1. The zero-order valence-corrected chi connectivity index (χ0v) is 12.6. The highest BCUT2D eigenvalue weighted by atomic mass is 19.1. The van der Waals surface area contributed by atoms with Gasteiger partial charge in [-0.2, -0.15) is 0 Å². The molecule has 0 aliphatic carbocycles. The van der Waals surface area contributed by atoms with Gasteiger partial charge in [0.2, 0.25) is 0 Å². The number of hydrogen-bond acceptors (Lipinski definition) is 5. The SMILES string of the molecule is O=C(COc1ccccc1F)NCc1cn(-c2cccnc2)nn1. The summed E-state index contributed by atoms with van der Waals surface area (Å²) in [5, 5.41) is 10.6. The van der Waals surface area contributed by atoms with Crippen molar-refractivity contribution in [1.29, 1.82) is 0 Å². The number of ether oxygens (including phenoxy) is 1. The Morgan fingerprint density at radius 1 is 1.25 bits per heavy atom. The fraction of sp³-hybridized carbons (Fsp3) is 0.125. The van der Waals surface area contributed by atoms with Crippen LogP contribution in [0.3, 0.4) is 0 Å². The average Bonchev–Trinajstić information content (AvgIpc) is 3.09. The van der Waals surface area contributed by atoms with Crippen LogP contribution in [0.2, 0.25) is 0 Å². The van der Waals surface area contributed by atoms with Crippen molar-refractivity contribution in [3.63, 3.8) is 0 Å². The predicted molar refractivity (Wildman–Crippen MR) is 82.9 cm³/mol. The van der Waals surface area contributed by atoms with Gasteiger partial charge in [0.25, 0.3) is 5.91 Å². The van der Waals surface area contributed by atoms with E-state index in [0.717, 1.165) is 5.69 Å². The lowest BCUT2D eigenvalue weighted by atomic mass is 10.3. The van der Waals surface area contributed by atoms with Crippen LogP contribution < -0.4 is 10.1 Å². The molecule has 0 spiro atoms. The Balaban J connectivity index is 1.50. The van der Waals surface area contributed by atoms with Gasteiger partial charge in [-0.15, -0.1) is 5.10 Å². The lowest BCUT2D eigenvalue weighted by Gasteiger charge is -2.06. The van der Waals surface area contributed by atoms with Crippen molar-refractivity contribution in [2.24, 2.45) is 0 Å². The van der Waals surface area contributed by atoms with E-state index in [1.54, 1.807) is 41.5 Å². The Morgan fingerprint density at radius 3 is 2.92 bits per heavy atom. The van der Waals surface area contributed by atoms with Crippen LogP contribution in [0, 0.1) is 5.82 Å². The third-order valence-corrected chi connectivity index (χ3v) is 3.11. The lowest BCUT2D eigenvalue weighted by molar-refractivity contribution is -0.123. The Morgan fingerprint density at radius 2 is 2.12 bits per heavy atom. The summed E-state index contributed by atoms with van der Waals surface area (Å²) >= 11 is 0. The van der Waals surface area contributed by atoms with E-state index in [1.807, 2.05) is 6.07 Å². The molecule has 3 aromatic rings. The molecule has 1 N–H and O–H groups in total. The van der Waals surface area contributed by atoms with Crippen LogP contribution in [-0.4, -0.2) is 32.5 Å². The quantitative estimate of drug-likeness (QED) is 0.742. The van der Waals surface area contributed by atoms with E-state index < -0.39 is 5.82 Å². The van der Waals surface area contributed by atoms with Gasteiger partial charge in [0.05, 0.1) is 24.6 Å². The van der Waals surface area contributed by atoms with E-state index in [2.05, 4.69) is 20.6 Å². The van der Waals surface area contributed by atoms with E-state index in [1.165, 1.54) is 12.1 Å². The van der Waals surface area contributed by atoms with E-state index in [9.17, 15) is 9.18 Å². The zero-order valence-electron chi connectivity index (χ0n) is 12.6. The van der Waals surface area contributed by atoms with E-state index in [0.29, 0.717) is 5.69 Å². The fourth-order valence-electron chi connectivity index (χ4n) is 1.94. The zero-order chi connectivity index (χ0) is 16.8. The minimum atomic E-state index is -0.510. The molecule has 24 heavy (non-hydrogen) atoms. The first-order chi connectivity index (χ1) is 11.7. The maximum Gasteiger partial charge on any atom is 0.258 e. The second-order valence-corrected chi connectivity index (χ2v) is 4.86. The van der Waals surface area contributed by atoms with E-state index >= 15 is 0 Å². The Bertz CT molecular complexity index is 822. The molecule has 0 aliphatic rings. The number of amides is 1. The van der Waals surface area contributed by atoms with Gasteiger partial charge in [0, 0.05) is 6.20 Å². The summed E-state index contributed by atoms with van der Waals surface area (Å²) in [4.78, 5) is 15.8. The van der Waals surface area contributed by atoms with E-state index in [4.69, 9.17) is 4.74 Å². The normalized spacial score (nSPS) is 10.4.